The molecule has 0 aliphatic heterocycles. The molecule has 2 unspecified atom stereocenters. The maximum atomic E-state index is 9.79. The van der Waals surface area contributed by atoms with Crippen LogP contribution in [0.25, 0.3) is 0 Å². The Morgan fingerprint density at radius 2 is 2.29 bits per heavy atom. The van der Waals surface area contributed by atoms with E-state index >= 15 is 0 Å². The Hall–Kier alpha value is -1.73. The number of benzene rings is 1. The zero-order valence-electron chi connectivity index (χ0n) is 9.81. The highest BCUT2D eigenvalue weighted by Crippen LogP contribution is 2.31. The highest BCUT2D eigenvalue weighted by Gasteiger charge is 2.26. The fourth-order valence-electron chi connectivity index (χ4n) is 2.24. The largest absolute Gasteiger partial charge is 0.495 e. The van der Waals surface area contributed by atoms with E-state index in [4.69, 9.17) is 10.00 Å². The first-order chi connectivity index (χ1) is 8.26. The lowest BCUT2D eigenvalue weighted by atomic mass is 10.1. The number of aliphatic hydroxyl groups excluding tert-OH is 1. The summed E-state index contributed by atoms with van der Waals surface area (Å²) in [6, 6.07) is 7.48. The van der Waals surface area contributed by atoms with Crippen LogP contribution >= 0.6 is 0 Å². The molecule has 1 saturated carbocycles. The van der Waals surface area contributed by atoms with Gasteiger partial charge < -0.3 is 15.2 Å². The molecule has 1 aromatic carbocycles. The Labute approximate surface area is 101 Å². The van der Waals surface area contributed by atoms with Gasteiger partial charge in [-0.1, -0.05) is 6.07 Å². The molecular weight excluding hydrogens is 216 g/mol. The lowest BCUT2D eigenvalue weighted by Crippen LogP contribution is -2.28. The van der Waals surface area contributed by atoms with Gasteiger partial charge in [0, 0.05) is 0 Å². The van der Waals surface area contributed by atoms with Crippen LogP contribution in [0.5, 0.6) is 5.75 Å². The lowest BCUT2D eigenvalue weighted by Gasteiger charge is -2.20. The van der Waals surface area contributed by atoms with Crippen molar-refractivity contribution in [3.05, 3.63) is 23.8 Å². The molecular formula is C13H16N2O2. The third-order valence-corrected chi connectivity index (χ3v) is 3.18. The minimum absolute atomic E-state index is 0.0124. The molecule has 0 saturated heterocycles. The molecule has 0 amide bonds. The van der Waals surface area contributed by atoms with E-state index in [0.29, 0.717) is 17.0 Å². The summed E-state index contributed by atoms with van der Waals surface area (Å²) in [5, 5.41) is 22.1. The zero-order valence-corrected chi connectivity index (χ0v) is 9.81. The second-order valence-electron chi connectivity index (χ2n) is 4.24. The predicted octanol–water partition coefficient (Wildman–Crippen LogP) is 1.89. The highest BCUT2D eigenvalue weighted by atomic mass is 16.5. The molecule has 2 rings (SSSR count). The fraction of sp³-hybridized carbons (Fsp3) is 0.462. The molecule has 2 N–H and O–H groups in total. The average Bonchev–Trinajstić information content (AvgIpc) is 2.75. The van der Waals surface area contributed by atoms with Gasteiger partial charge in [0.1, 0.15) is 11.8 Å². The molecule has 1 aromatic rings. The fourth-order valence-corrected chi connectivity index (χ4v) is 2.24. The molecule has 0 spiro atoms. The van der Waals surface area contributed by atoms with E-state index in [0.717, 1.165) is 19.3 Å². The molecule has 4 nitrogen and oxygen atoms in total. The second kappa shape index (κ2) is 5.07. The maximum absolute atomic E-state index is 9.79. The summed E-state index contributed by atoms with van der Waals surface area (Å²) < 4.78 is 5.24. The number of anilines is 1. The van der Waals surface area contributed by atoms with E-state index in [1.807, 2.05) is 6.07 Å². The van der Waals surface area contributed by atoms with Crippen LogP contribution in [0.15, 0.2) is 18.2 Å². The van der Waals surface area contributed by atoms with E-state index in [1.165, 1.54) is 0 Å². The van der Waals surface area contributed by atoms with Gasteiger partial charge in [-0.25, -0.2) is 0 Å². The van der Waals surface area contributed by atoms with Gasteiger partial charge in [0.15, 0.2) is 0 Å². The SMILES string of the molecule is COc1cccc(C#N)c1NC1CCCC1O. The number of hydrogen-bond acceptors (Lipinski definition) is 4. The summed E-state index contributed by atoms with van der Waals surface area (Å²) in [7, 11) is 1.58. The van der Waals surface area contributed by atoms with Gasteiger partial charge >= 0.3 is 0 Å². The predicted molar refractivity (Wildman–Crippen MR) is 65.0 cm³/mol. The van der Waals surface area contributed by atoms with Crippen LogP contribution in [0.1, 0.15) is 24.8 Å². The van der Waals surface area contributed by atoms with Crippen molar-refractivity contribution in [2.45, 2.75) is 31.4 Å². The van der Waals surface area contributed by atoms with Crippen LogP contribution in [0.3, 0.4) is 0 Å². The number of ether oxygens (including phenoxy) is 1. The minimum atomic E-state index is -0.341. The van der Waals surface area contributed by atoms with Crippen molar-refractivity contribution in [1.82, 2.24) is 0 Å². The first-order valence-electron chi connectivity index (χ1n) is 5.78. The van der Waals surface area contributed by atoms with Crippen molar-refractivity contribution < 1.29 is 9.84 Å². The molecule has 0 bridgehead atoms. The molecule has 1 aliphatic carbocycles. The Morgan fingerprint density at radius 1 is 1.47 bits per heavy atom. The molecule has 1 fully saturated rings. The van der Waals surface area contributed by atoms with Crippen molar-refractivity contribution in [3.8, 4) is 11.8 Å². The number of para-hydroxylation sites is 1. The summed E-state index contributed by atoms with van der Waals surface area (Å²) in [5.41, 5.74) is 1.23. The third-order valence-electron chi connectivity index (χ3n) is 3.18. The van der Waals surface area contributed by atoms with Crippen molar-refractivity contribution in [2.75, 3.05) is 12.4 Å². The molecule has 4 heteroatoms. The number of nitrogens with zero attached hydrogens (tertiary/aromatic N) is 1. The third kappa shape index (κ3) is 2.34. The van der Waals surface area contributed by atoms with Crippen molar-refractivity contribution >= 4 is 5.69 Å². The summed E-state index contributed by atoms with van der Waals surface area (Å²) in [6.07, 6.45) is 2.40. The van der Waals surface area contributed by atoms with Gasteiger partial charge in [-0.2, -0.15) is 5.26 Å². The van der Waals surface area contributed by atoms with Crippen LogP contribution in [0.2, 0.25) is 0 Å². The van der Waals surface area contributed by atoms with Crippen LogP contribution in [0, 0.1) is 11.3 Å². The van der Waals surface area contributed by atoms with E-state index in [2.05, 4.69) is 11.4 Å². The maximum Gasteiger partial charge on any atom is 0.143 e. The van der Waals surface area contributed by atoms with Crippen LogP contribution < -0.4 is 10.1 Å². The number of hydrogen-bond donors (Lipinski definition) is 2. The van der Waals surface area contributed by atoms with Gasteiger partial charge in [-0.05, 0) is 31.4 Å². The minimum Gasteiger partial charge on any atom is -0.495 e. The molecule has 90 valence electrons. The van der Waals surface area contributed by atoms with Gasteiger partial charge in [-0.15, -0.1) is 0 Å². The monoisotopic (exact) mass is 232 g/mol. The Morgan fingerprint density at radius 3 is 2.88 bits per heavy atom. The van der Waals surface area contributed by atoms with Gasteiger partial charge in [-0.3, -0.25) is 0 Å². The number of aliphatic hydroxyl groups is 1. The molecule has 0 heterocycles. The lowest BCUT2D eigenvalue weighted by molar-refractivity contribution is 0.171. The summed E-state index contributed by atoms with van der Waals surface area (Å²) in [5.74, 6) is 0.642. The standard InChI is InChI=1S/C13H16N2O2/c1-17-12-7-2-4-9(8-14)13(12)15-10-5-3-6-11(10)16/h2,4,7,10-11,15-16H,3,5-6H2,1H3. The molecule has 1 aliphatic rings. The van der Waals surface area contributed by atoms with Crippen LogP contribution in [-0.4, -0.2) is 24.4 Å². The van der Waals surface area contributed by atoms with Crippen molar-refractivity contribution in [1.29, 1.82) is 5.26 Å². The second-order valence-corrected chi connectivity index (χ2v) is 4.24. The smallest absolute Gasteiger partial charge is 0.143 e. The summed E-state index contributed by atoms with van der Waals surface area (Å²) in [6.45, 7) is 0. The van der Waals surface area contributed by atoms with E-state index in [-0.39, 0.29) is 12.1 Å². The van der Waals surface area contributed by atoms with Crippen LogP contribution in [-0.2, 0) is 0 Å². The van der Waals surface area contributed by atoms with E-state index < -0.39 is 0 Å². The number of rotatable bonds is 3. The zero-order chi connectivity index (χ0) is 12.3. The van der Waals surface area contributed by atoms with Gasteiger partial charge in [0.2, 0.25) is 0 Å². The number of nitriles is 1. The first kappa shape index (κ1) is 11.7. The highest BCUT2D eigenvalue weighted by molar-refractivity contribution is 5.66. The van der Waals surface area contributed by atoms with Crippen molar-refractivity contribution in [3.63, 3.8) is 0 Å². The van der Waals surface area contributed by atoms with E-state index in [9.17, 15) is 5.11 Å². The summed E-state index contributed by atoms with van der Waals surface area (Å²) >= 11 is 0. The first-order valence-corrected chi connectivity index (χ1v) is 5.78. The number of nitrogens with one attached hydrogen (secondary N) is 1. The van der Waals surface area contributed by atoms with Gasteiger partial charge in [0.05, 0.1) is 30.5 Å². The molecule has 2 atom stereocenters. The number of methoxy groups -OCH3 is 1. The Bertz CT molecular complexity index is 440. The molecule has 0 radical (unpaired) electrons. The normalized spacial score (nSPS) is 23.1. The van der Waals surface area contributed by atoms with Gasteiger partial charge in [0.25, 0.3) is 0 Å². The quantitative estimate of drug-likeness (QED) is 0.835. The Balaban J connectivity index is 2.27. The topological polar surface area (TPSA) is 65.3 Å². The van der Waals surface area contributed by atoms with Crippen molar-refractivity contribution in [2.24, 2.45) is 0 Å². The van der Waals surface area contributed by atoms with Crippen LogP contribution in [0.4, 0.5) is 5.69 Å². The molecule has 17 heavy (non-hydrogen) atoms. The van der Waals surface area contributed by atoms with E-state index in [1.54, 1.807) is 19.2 Å². The Kier molecular flexibility index (Phi) is 3.50. The summed E-state index contributed by atoms with van der Waals surface area (Å²) in [4.78, 5) is 0. The average molecular weight is 232 g/mol. The molecule has 0 aromatic heterocycles.